The van der Waals surface area contributed by atoms with Crippen molar-refractivity contribution in [3.05, 3.63) is 143 Å². The van der Waals surface area contributed by atoms with Gasteiger partial charge in [-0.05, 0) is 47.4 Å². The van der Waals surface area contributed by atoms with E-state index in [9.17, 15) is 18.0 Å². The van der Waals surface area contributed by atoms with Crippen LogP contribution in [-0.2, 0) is 48.3 Å². The van der Waals surface area contributed by atoms with E-state index in [-0.39, 0.29) is 43.2 Å². The highest BCUT2D eigenvalue weighted by atomic mass is 32.2. The predicted molar refractivity (Wildman–Crippen MR) is 203 cm³/mol. The average Bonchev–Trinajstić information content (AvgIpc) is 3.69. The summed E-state index contributed by atoms with van der Waals surface area (Å²) >= 11 is 0. The van der Waals surface area contributed by atoms with Crippen molar-refractivity contribution in [1.29, 1.82) is 0 Å². The van der Waals surface area contributed by atoms with Crippen molar-refractivity contribution in [3.8, 4) is 11.3 Å². The Labute approximate surface area is 321 Å². The average molecular weight is 776 g/mol. The maximum Gasteiger partial charge on any atom is 0.302 e. The van der Waals surface area contributed by atoms with Crippen LogP contribution in [0.5, 0.6) is 0 Å². The lowest BCUT2D eigenvalue weighted by atomic mass is 9.96. The van der Waals surface area contributed by atoms with E-state index in [1.54, 1.807) is 10.9 Å². The van der Waals surface area contributed by atoms with Gasteiger partial charge < -0.3 is 23.7 Å². The van der Waals surface area contributed by atoms with E-state index < -0.39 is 58.1 Å². The molecule has 0 radical (unpaired) electrons. The molecule has 5 aromatic rings. The Bertz CT molecular complexity index is 1970. The summed E-state index contributed by atoms with van der Waals surface area (Å²) in [6.07, 6.45) is 0.928. The highest BCUT2D eigenvalue weighted by Gasteiger charge is 2.51. The Morgan fingerprint density at radius 3 is 2.02 bits per heavy atom. The van der Waals surface area contributed by atoms with Crippen LogP contribution in [0.4, 0.5) is 13.2 Å². The van der Waals surface area contributed by atoms with Crippen LogP contribution in [0.1, 0.15) is 42.5 Å². The van der Waals surface area contributed by atoms with Crippen molar-refractivity contribution in [1.82, 2.24) is 15.0 Å². The Morgan fingerprint density at radius 2 is 1.42 bits per heavy atom. The van der Waals surface area contributed by atoms with Crippen LogP contribution in [0.2, 0.25) is 0 Å². The van der Waals surface area contributed by atoms with Gasteiger partial charge >= 0.3 is 5.97 Å². The van der Waals surface area contributed by atoms with E-state index in [4.69, 9.17) is 23.7 Å². The molecule has 2 aliphatic rings. The molecule has 13 heteroatoms. The molecule has 0 bridgehead atoms. The summed E-state index contributed by atoms with van der Waals surface area (Å²) in [5.41, 5.74) is 2.57. The summed E-state index contributed by atoms with van der Waals surface area (Å²) in [4.78, 5) is 12.1. The zero-order valence-electron chi connectivity index (χ0n) is 30.4. The highest BCUT2D eigenvalue weighted by molar-refractivity contribution is 8.17. The number of carbonyl (C=O) groups is 1. The molecule has 7 atom stereocenters. The minimum absolute atomic E-state index is 0.0263. The van der Waals surface area contributed by atoms with Gasteiger partial charge in [-0.1, -0.05) is 96.2 Å². The van der Waals surface area contributed by atoms with E-state index in [0.29, 0.717) is 12.4 Å². The second-order valence-electron chi connectivity index (χ2n) is 13.8. The molecule has 0 aliphatic carbocycles. The molecule has 0 spiro atoms. The van der Waals surface area contributed by atoms with Gasteiger partial charge in [0.1, 0.15) is 41.6 Å². The fourth-order valence-electron chi connectivity index (χ4n) is 7.21. The molecule has 2 saturated heterocycles. The first-order valence-electron chi connectivity index (χ1n) is 18.4. The first kappa shape index (κ1) is 38.7. The zero-order valence-corrected chi connectivity index (χ0v) is 31.3. The molecular formula is C42H44F3N3O6S. The molecule has 1 aromatic heterocycles. The van der Waals surface area contributed by atoms with Crippen LogP contribution < -0.4 is 0 Å². The molecule has 2 unspecified atom stereocenters. The van der Waals surface area contributed by atoms with Crippen LogP contribution in [0, 0.1) is 17.5 Å². The topological polar surface area (TPSA) is 93.9 Å². The number of hydrogen-bond acceptors (Lipinski definition) is 8. The van der Waals surface area contributed by atoms with Crippen LogP contribution in [0.25, 0.3) is 11.3 Å². The van der Waals surface area contributed by atoms with Crippen molar-refractivity contribution in [3.63, 3.8) is 0 Å². The summed E-state index contributed by atoms with van der Waals surface area (Å²) in [6, 6.07) is 30.5. The summed E-state index contributed by atoms with van der Waals surface area (Å²) in [6.45, 7) is 2.41. The van der Waals surface area contributed by atoms with Gasteiger partial charge in [-0.3, -0.25) is 4.79 Å². The fourth-order valence-corrected chi connectivity index (χ4v) is 10.2. The molecule has 4 aromatic carbocycles. The van der Waals surface area contributed by atoms with Crippen molar-refractivity contribution in [2.75, 3.05) is 18.1 Å². The van der Waals surface area contributed by atoms with Gasteiger partial charge in [-0.25, -0.2) is 28.7 Å². The standard InChI is InChI=1S/C42H44F3N3O6S/c1-28(49)53-33-18-11-19-55(27-33)42-41(52-25-31-16-9-4-10-17-31)39(48-22-36(46-47-48)32-20-34(43)38(45)35(44)21-32)40(51-24-30-14-7-3-8-15-30)37(54-42)26-50-23-29-12-5-2-6-13-29/h2-10,12-17,20-22,33,37,39-42,55H,11,18-19,23-27H2,1H3/t33?,37-,39+,40+,41-,42+/m1/s1. The number of ether oxygens (including phenoxy) is 5. The van der Waals surface area contributed by atoms with Crippen molar-refractivity contribution in [2.24, 2.45) is 0 Å². The molecule has 2 fully saturated rings. The van der Waals surface area contributed by atoms with Crippen molar-refractivity contribution < 1.29 is 41.7 Å². The minimum Gasteiger partial charge on any atom is -0.462 e. The number of thiol groups is 1. The van der Waals surface area contributed by atoms with Gasteiger partial charge in [-0.15, -0.1) is 5.10 Å². The summed E-state index contributed by atoms with van der Waals surface area (Å²) in [7, 11) is -0.941. The number of hydrogen-bond donors (Lipinski definition) is 1. The maximum atomic E-state index is 14.4. The van der Waals surface area contributed by atoms with E-state index in [2.05, 4.69) is 10.3 Å². The SMILES string of the molecule is CC(=O)OC1CCC[SH]([C@@H]2O[C@H](COCc3ccccc3)[C@H](OCc3ccccc3)[C@H](n3cc(-c4cc(F)c(F)c(F)c4)nn3)[C@H]2OCc2ccccc2)C1. The smallest absolute Gasteiger partial charge is 0.302 e. The van der Waals surface area contributed by atoms with Gasteiger partial charge in [0.2, 0.25) is 0 Å². The molecule has 0 N–H and O–H groups in total. The number of rotatable bonds is 14. The molecule has 3 heterocycles. The van der Waals surface area contributed by atoms with Gasteiger partial charge in [0.25, 0.3) is 0 Å². The molecule has 0 saturated carbocycles. The monoisotopic (exact) mass is 775 g/mol. The first-order chi connectivity index (χ1) is 26.8. The lowest BCUT2D eigenvalue weighted by Crippen LogP contribution is -2.58. The van der Waals surface area contributed by atoms with E-state index >= 15 is 0 Å². The van der Waals surface area contributed by atoms with Gasteiger partial charge in [0.15, 0.2) is 17.5 Å². The quantitative estimate of drug-likeness (QED) is 0.0696. The molecule has 9 nitrogen and oxygen atoms in total. The molecular weight excluding hydrogens is 732 g/mol. The van der Waals surface area contributed by atoms with Gasteiger partial charge in [0.05, 0.1) is 32.6 Å². The minimum atomic E-state index is -1.56. The Kier molecular flexibility index (Phi) is 13.0. The number of halogens is 3. The van der Waals surface area contributed by atoms with Gasteiger partial charge in [-0.2, -0.15) is 0 Å². The molecule has 0 amide bonds. The van der Waals surface area contributed by atoms with E-state index in [1.165, 1.54) is 6.92 Å². The third-order valence-electron chi connectivity index (χ3n) is 9.80. The van der Waals surface area contributed by atoms with E-state index in [0.717, 1.165) is 47.4 Å². The van der Waals surface area contributed by atoms with Crippen molar-refractivity contribution in [2.45, 2.75) is 75.5 Å². The second kappa shape index (κ2) is 18.4. The van der Waals surface area contributed by atoms with Crippen molar-refractivity contribution >= 4 is 16.9 Å². The lowest BCUT2D eigenvalue weighted by Gasteiger charge is -2.50. The maximum absolute atomic E-state index is 14.4. The number of esters is 1. The summed E-state index contributed by atoms with van der Waals surface area (Å²) < 4.78 is 77.3. The number of carbonyl (C=O) groups excluding carboxylic acids is 1. The molecule has 7 rings (SSSR count). The summed E-state index contributed by atoms with van der Waals surface area (Å²) in [5.74, 6) is -3.07. The largest absolute Gasteiger partial charge is 0.462 e. The van der Waals surface area contributed by atoms with Crippen LogP contribution >= 0.6 is 10.9 Å². The zero-order chi connectivity index (χ0) is 38.1. The third kappa shape index (κ3) is 9.83. The highest BCUT2D eigenvalue weighted by Crippen LogP contribution is 2.49. The van der Waals surface area contributed by atoms with Gasteiger partial charge in [0, 0.05) is 18.2 Å². The number of nitrogens with zero attached hydrogens (tertiary/aromatic N) is 3. The molecule has 290 valence electrons. The first-order valence-corrected chi connectivity index (χ1v) is 20.2. The second-order valence-corrected chi connectivity index (χ2v) is 16.3. The lowest BCUT2D eigenvalue weighted by molar-refractivity contribution is -0.218. The predicted octanol–water partition coefficient (Wildman–Crippen LogP) is 7.74. The number of benzene rings is 4. The fraction of sp³-hybridized carbons (Fsp3) is 0.357. The van der Waals surface area contributed by atoms with Crippen LogP contribution in [0.15, 0.2) is 109 Å². The van der Waals surface area contributed by atoms with E-state index in [1.807, 2.05) is 91.0 Å². The summed E-state index contributed by atoms with van der Waals surface area (Å²) in [5, 5.41) is 8.82. The van der Waals surface area contributed by atoms with Crippen LogP contribution in [-0.4, -0.2) is 68.9 Å². The molecule has 2 aliphatic heterocycles. The third-order valence-corrected chi connectivity index (χ3v) is 12.7. The number of aromatic nitrogens is 3. The van der Waals surface area contributed by atoms with Crippen LogP contribution in [0.3, 0.4) is 0 Å². The Hall–Kier alpha value is -4.53. The normalized spacial score (nSPS) is 24.7. The molecule has 55 heavy (non-hydrogen) atoms. The Morgan fingerprint density at radius 1 is 0.836 bits per heavy atom. The Balaban J connectivity index is 1.30.